The minimum atomic E-state index is 0.407. The van der Waals surface area contributed by atoms with Crippen molar-refractivity contribution < 1.29 is 4.74 Å². The van der Waals surface area contributed by atoms with Crippen molar-refractivity contribution in [3.05, 3.63) is 29.8 Å². The molecule has 3 rings (SSSR count). The van der Waals surface area contributed by atoms with E-state index in [4.69, 9.17) is 4.74 Å². The van der Waals surface area contributed by atoms with Gasteiger partial charge in [0.1, 0.15) is 11.9 Å². The van der Waals surface area contributed by atoms with E-state index < -0.39 is 0 Å². The molecule has 2 heterocycles. The van der Waals surface area contributed by atoms with E-state index in [1.807, 2.05) is 11.8 Å². The maximum absolute atomic E-state index is 6.27. The van der Waals surface area contributed by atoms with Crippen LogP contribution in [0.25, 0.3) is 0 Å². The quantitative estimate of drug-likeness (QED) is 0.903. The van der Waals surface area contributed by atoms with E-state index in [2.05, 4.69) is 34.5 Å². The van der Waals surface area contributed by atoms with Crippen LogP contribution in [-0.4, -0.2) is 55.2 Å². The predicted octanol–water partition coefficient (Wildman–Crippen LogP) is 2.41. The molecule has 2 saturated heterocycles. The third-order valence-corrected chi connectivity index (χ3v) is 5.48. The molecule has 0 saturated carbocycles. The van der Waals surface area contributed by atoms with Crippen LogP contribution < -0.4 is 10.1 Å². The fraction of sp³-hybridized carbons (Fsp3) is 0.647. The molecular formula is C17H26N2OS. The Kier molecular flexibility index (Phi) is 5.83. The Morgan fingerprint density at radius 3 is 2.90 bits per heavy atom. The fourth-order valence-electron chi connectivity index (χ4n) is 3.02. The molecule has 0 bridgehead atoms. The highest BCUT2D eigenvalue weighted by atomic mass is 32.2. The highest BCUT2D eigenvalue weighted by molar-refractivity contribution is 7.99. The van der Waals surface area contributed by atoms with Gasteiger partial charge in [0.15, 0.2) is 0 Å². The zero-order valence-corrected chi connectivity index (χ0v) is 13.5. The predicted molar refractivity (Wildman–Crippen MR) is 90.4 cm³/mol. The highest BCUT2D eigenvalue weighted by Crippen LogP contribution is 2.25. The summed E-state index contributed by atoms with van der Waals surface area (Å²) in [4.78, 5) is 2.55. The maximum Gasteiger partial charge on any atom is 0.122 e. The van der Waals surface area contributed by atoms with E-state index in [1.54, 1.807) is 0 Å². The van der Waals surface area contributed by atoms with E-state index >= 15 is 0 Å². The standard InChI is InChI=1S/C17H26N2OS/c1-2-6-17(20-16-5-3-13-21-14-16)15(4-1)7-10-19-11-8-18-9-12-19/h1-2,4,6,16,18H,3,5,7-14H2. The van der Waals surface area contributed by atoms with Crippen LogP contribution in [0.3, 0.4) is 0 Å². The molecule has 0 aromatic heterocycles. The zero-order chi connectivity index (χ0) is 14.3. The summed E-state index contributed by atoms with van der Waals surface area (Å²) >= 11 is 2.02. The average molecular weight is 306 g/mol. The van der Waals surface area contributed by atoms with Gasteiger partial charge in [0.2, 0.25) is 0 Å². The average Bonchev–Trinajstić information content (AvgIpc) is 2.56. The number of para-hydroxylation sites is 1. The molecule has 2 fully saturated rings. The van der Waals surface area contributed by atoms with Crippen molar-refractivity contribution in [2.24, 2.45) is 0 Å². The Bertz CT molecular complexity index is 429. The molecule has 1 unspecified atom stereocenters. The summed E-state index contributed by atoms with van der Waals surface area (Å²) in [6.45, 7) is 5.72. The lowest BCUT2D eigenvalue weighted by Crippen LogP contribution is -2.44. The third kappa shape index (κ3) is 4.63. The lowest BCUT2D eigenvalue weighted by atomic mass is 10.1. The molecule has 0 amide bonds. The van der Waals surface area contributed by atoms with Gasteiger partial charge in [-0.2, -0.15) is 11.8 Å². The minimum absolute atomic E-state index is 0.407. The van der Waals surface area contributed by atoms with Gasteiger partial charge in [-0.3, -0.25) is 0 Å². The second-order valence-corrected chi connectivity index (χ2v) is 7.06. The van der Waals surface area contributed by atoms with Gasteiger partial charge in [0.05, 0.1) is 0 Å². The Balaban J connectivity index is 1.56. The Hall–Kier alpha value is -0.710. The van der Waals surface area contributed by atoms with E-state index in [9.17, 15) is 0 Å². The molecule has 1 aromatic carbocycles. The number of nitrogens with zero attached hydrogens (tertiary/aromatic N) is 1. The van der Waals surface area contributed by atoms with Crippen molar-refractivity contribution in [3.63, 3.8) is 0 Å². The van der Waals surface area contributed by atoms with Gasteiger partial charge in [-0.15, -0.1) is 0 Å². The monoisotopic (exact) mass is 306 g/mol. The summed E-state index contributed by atoms with van der Waals surface area (Å²) in [7, 11) is 0. The number of hydrogen-bond acceptors (Lipinski definition) is 4. The molecule has 0 spiro atoms. The molecule has 2 aliphatic rings. The van der Waals surface area contributed by atoms with E-state index in [1.165, 1.54) is 37.2 Å². The normalized spacial score (nSPS) is 23.9. The Morgan fingerprint density at radius 1 is 1.24 bits per heavy atom. The molecular weight excluding hydrogens is 280 g/mol. The van der Waals surface area contributed by atoms with Gasteiger partial charge in [-0.1, -0.05) is 18.2 Å². The number of thioether (sulfide) groups is 1. The smallest absolute Gasteiger partial charge is 0.122 e. The van der Waals surface area contributed by atoms with Crippen molar-refractivity contribution in [1.29, 1.82) is 0 Å². The number of ether oxygens (including phenoxy) is 1. The number of benzene rings is 1. The van der Waals surface area contributed by atoms with Gasteiger partial charge >= 0.3 is 0 Å². The molecule has 2 aliphatic heterocycles. The molecule has 116 valence electrons. The largest absolute Gasteiger partial charge is 0.489 e. The van der Waals surface area contributed by atoms with Gasteiger partial charge in [-0.25, -0.2) is 0 Å². The molecule has 0 radical (unpaired) electrons. The summed E-state index contributed by atoms with van der Waals surface area (Å²) in [5.74, 6) is 3.55. The van der Waals surface area contributed by atoms with Crippen molar-refractivity contribution in [2.75, 3.05) is 44.2 Å². The number of hydrogen-bond donors (Lipinski definition) is 1. The molecule has 1 atom stereocenters. The van der Waals surface area contributed by atoms with Gasteiger partial charge < -0.3 is 15.0 Å². The first kappa shape index (κ1) is 15.2. The van der Waals surface area contributed by atoms with Gasteiger partial charge in [0.25, 0.3) is 0 Å². The topological polar surface area (TPSA) is 24.5 Å². The van der Waals surface area contributed by atoms with Crippen LogP contribution in [0.5, 0.6) is 5.75 Å². The maximum atomic E-state index is 6.27. The second kappa shape index (κ2) is 8.06. The van der Waals surface area contributed by atoms with E-state index in [-0.39, 0.29) is 0 Å². The summed E-state index contributed by atoms with van der Waals surface area (Å²) in [5, 5.41) is 3.41. The SMILES string of the molecule is c1ccc(OC2CCCSC2)c(CCN2CCNCC2)c1. The molecule has 21 heavy (non-hydrogen) atoms. The van der Waals surface area contributed by atoms with Crippen LogP contribution in [0.2, 0.25) is 0 Å². The van der Waals surface area contributed by atoms with E-state index in [0.29, 0.717) is 6.10 Å². The fourth-order valence-corrected chi connectivity index (χ4v) is 4.06. The molecule has 1 aromatic rings. The van der Waals surface area contributed by atoms with Gasteiger partial charge in [0, 0.05) is 38.5 Å². The number of rotatable bonds is 5. The van der Waals surface area contributed by atoms with Crippen molar-refractivity contribution >= 4 is 11.8 Å². The first-order valence-corrected chi connectivity index (χ1v) is 9.33. The molecule has 0 aliphatic carbocycles. The first-order chi connectivity index (χ1) is 10.4. The van der Waals surface area contributed by atoms with Crippen LogP contribution in [0.15, 0.2) is 24.3 Å². The highest BCUT2D eigenvalue weighted by Gasteiger charge is 2.17. The summed E-state index contributed by atoms with van der Waals surface area (Å²) in [6.07, 6.45) is 4.00. The van der Waals surface area contributed by atoms with Crippen LogP contribution in [0, 0.1) is 0 Å². The lowest BCUT2D eigenvalue weighted by molar-refractivity contribution is 0.207. The second-order valence-electron chi connectivity index (χ2n) is 5.91. The molecule has 4 heteroatoms. The summed E-state index contributed by atoms with van der Waals surface area (Å²) < 4.78 is 6.27. The number of nitrogens with one attached hydrogen (secondary N) is 1. The van der Waals surface area contributed by atoms with Crippen LogP contribution >= 0.6 is 11.8 Å². The first-order valence-electron chi connectivity index (χ1n) is 8.17. The molecule has 1 N–H and O–H groups in total. The lowest BCUT2D eigenvalue weighted by Gasteiger charge is -2.28. The van der Waals surface area contributed by atoms with Gasteiger partial charge in [-0.05, 0) is 36.6 Å². The molecule has 3 nitrogen and oxygen atoms in total. The third-order valence-electron chi connectivity index (χ3n) is 4.29. The number of piperazine rings is 1. The zero-order valence-electron chi connectivity index (χ0n) is 12.7. The van der Waals surface area contributed by atoms with Crippen molar-refractivity contribution in [3.8, 4) is 5.75 Å². The van der Waals surface area contributed by atoms with Crippen LogP contribution in [-0.2, 0) is 6.42 Å². The van der Waals surface area contributed by atoms with Crippen molar-refractivity contribution in [1.82, 2.24) is 10.2 Å². The Labute approximate surface area is 132 Å². The minimum Gasteiger partial charge on any atom is -0.489 e. The van der Waals surface area contributed by atoms with E-state index in [0.717, 1.165) is 37.6 Å². The van der Waals surface area contributed by atoms with Crippen LogP contribution in [0.1, 0.15) is 18.4 Å². The Morgan fingerprint density at radius 2 is 2.10 bits per heavy atom. The summed E-state index contributed by atoms with van der Waals surface area (Å²) in [6, 6.07) is 8.61. The summed E-state index contributed by atoms with van der Waals surface area (Å²) in [5.41, 5.74) is 1.37. The van der Waals surface area contributed by atoms with Crippen LogP contribution in [0.4, 0.5) is 0 Å². The van der Waals surface area contributed by atoms with Crippen molar-refractivity contribution in [2.45, 2.75) is 25.4 Å².